The van der Waals surface area contributed by atoms with Crippen molar-refractivity contribution in [1.29, 1.82) is 0 Å². The molecular weight excluding hydrogens is 795 g/mol. The van der Waals surface area contributed by atoms with Gasteiger partial charge in [0.05, 0.1) is 0 Å². The second kappa shape index (κ2) is 19.8. The molecule has 0 amide bonds. The molecule has 7 rings (SSSR count). The van der Waals surface area contributed by atoms with Crippen molar-refractivity contribution < 1.29 is 58.9 Å². The van der Waals surface area contributed by atoms with Gasteiger partial charge in [0, 0.05) is 0 Å². The first-order chi connectivity index (χ1) is 25.0. The number of aryl methyl sites for hydroxylation is 3. The first kappa shape index (κ1) is 47.0. The van der Waals surface area contributed by atoms with Crippen LogP contribution in [-0.2, 0) is 41.0 Å². The van der Waals surface area contributed by atoms with E-state index >= 15 is 0 Å². The van der Waals surface area contributed by atoms with Gasteiger partial charge in [-0.25, -0.2) is 5.57 Å². The Hall–Kier alpha value is -3.40. The van der Waals surface area contributed by atoms with Gasteiger partial charge in [0.25, 0.3) is 0 Å². The number of halogens is 3. The molecule has 284 valence electrons. The molecule has 0 nitrogen and oxygen atoms in total. The number of hydrogen-bond acceptors (Lipinski definition) is 0. The monoisotopic (exact) mass is 844 g/mol. The molecule has 6 aromatic rings. The van der Waals surface area contributed by atoms with E-state index in [-0.39, 0.29) is 64.0 Å². The Morgan fingerprint density at radius 1 is 0.429 bits per heavy atom. The third-order valence-electron chi connectivity index (χ3n) is 11.7. The molecule has 0 spiro atoms. The Kier molecular flexibility index (Phi) is 16.6. The molecule has 1 aliphatic rings. The Bertz CT molecular complexity index is 2070. The summed E-state index contributed by atoms with van der Waals surface area (Å²) in [6.07, 6.45) is 6.91. The summed E-state index contributed by atoms with van der Waals surface area (Å²) < 4.78 is 0. The van der Waals surface area contributed by atoms with E-state index in [4.69, 9.17) is 0 Å². The Morgan fingerprint density at radius 3 is 1.00 bits per heavy atom. The number of benzene rings is 6. The SMILES string of the molecule is CC1=[C-]C(C)([Si](c2cccc(Cc3ccc(C)cc3)c2)(c2cccc(Cc3ccc(C)cc3)c2)c2cccc(Cc3ccc(C)cc3)c2)C(C)=C1C.[Cl-].[Cl-].[Cl-].[Ti+4]. The molecule has 0 saturated carbocycles. The van der Waals surface area contributed by atoms with Crippen molar-refractivity contribution in [3.8, 4) is 0 Å². The predicted molar refractivity (Wildman–Crippen MR) is 225 cm³/mol. The summed E-state index contributed by atoms with van der Waals surface area (Å²) in [5.41, 5.74) is 16.1. The average Bonchev–Trinajstić information content (AvgIpc) is 3.34. The molecule has 6 aromatic carbocycles. The molecule has 0 heterocycles. The quantitative estimate of drug-likeness (QED) is 0.112. The topological polar surface area (TPSA) is 0 Å². The first-order valence-electron chi connectivity index (χ1n) is 18.8. The maximum absolute atomic E-state index is 4.20. The molecule has 1 atom stereocenters. The van der Waals surface area contributed by atoms with E-state index in [1.807, 2.05) is 0 Å². The van der Waals surface area contributed by atoms with Crippen molar-refractivity contribution in [2.24, 2.45) is 0 Å². The molecule has 5 heteroatoms. The van der Waals surface area contributed by atoms with Gasteiger partial charge in [0.15, 0.2) is 0 Å². The van der Waals surface area contributed by atoms with Gasteiger partial charge in [-0.15, -0.1) is 6.92 Å². The van der Waals surface area contributed by atoms with E-state index in [2.05, 4.69) is 200 Å². The van der Waals surface area contributed by atoms with Crippen LogP contribution in [-0.4, -0.2) is 8.07 Å². The van der Waals surface area contributed by atoms with Gasteiger partial charge in [-0.05, 0) is 89.0 Å². The molecule has 0 N–H and O–H groups in total. The van der Waals surface area contributed by atoms with Gasteiger partial charge in [-0.2, -0.15) is 11.1 Å². The largest absolute Gasteiger partial charge is 4.00 e. The van der Waals surface area contributed by atoms with Crippen molar-refractivity contribution in [2.75, 3.05) is 0 Å². The van der Waals surface area contributed by atoms with E-state index in [0.717, 1.165) is 19.3 Å². The van der Waals surface area contributed by atoms with Crippen LogP contribution < -0.4 is 52.8 Å². The van der Waals surface area contributed by atoms with Gasteiger partial charge in [0.1, 0.15) is 8.07 Å². The maximum atomic E-state index is 4.20. The summed E-state index contributed by atoms with van der Waals surface area (Å²) in [4.78, 5) is 0. The van der Waals surface area contributed by atoms with Crippen molar-refractivity contribution in [3.05, 3.63) is 218 Å². The normalized spacial score (nSPS) is 14.8. The minimum absolute atomic E-state index is 0. The molecule has 0 aromatic heterocycles. The van der Waals surface area contributed by atoms with Crippen LogP contribution in [0.2, 0.25) is 5.04 Å². The zero-order valence-electron chi connectivity index (χ0n) is 33.6. The summed E-state index contributed by atoms with van der Waals surface area (Å²) in [5.74, 6) is 0. The fourth-order valence-corrected chi connectivity index (χ4v) is 14.6. The zero-order chi connectivity index (χ0) is 36.5. The molecular formula is C51H51Cl3SiTi. The predicted octanol–water partition coefficient (Wildman–Crippen LogP) is 1.72. The van der Waals surface area contributed by atoms with Gasteiger partial charge in [-0.1, -0.05) is 188 Å². The van der Waals surface area contributed by atoms with Crippen molar-refractivity contribution in [1.82, 2.24) is 0 Å². The fraction of sp³-hybridized carbons (Fsp3) is 0.216. The summed E-state index contributed by atoms with van der Waals surface area (Å²) in [5, 5.41) is 4.01. The van der Waals surface area contributed by atoms with Crippen LogP contribution >= 0.6 is 0 Å². The van der Waals surface area contributed by atoms with Gasteiger partial charge in [-0.3, -0.25) is 6.08 Å². The Morgan fingerprint density at radius 2 is 0.732 bits per heavy atom. The second-order valence-electron chi connectivity index (χ2n) is 15.5. The molecule has 1 unspecified atom stereocenters. The first-order valence-corrected chi connectivity index (χ1v) is 20.8. The number of hydrogen-bond donors (Lipinski definition) is 0. The molecule has 0 radical (unpaired) electrons. The molecule has 1 aliphatic carbocycles. The van der Waals surface area contributed by atoms with Gasteiger partial charge in [0.2, 0.25) is 0 Å². The molecule has 56 heavy (non-hydrogen) atoms. The summed E-state index contributed by atoms with van der Waals surface area (Å²) in [6.45, 7) is 15.9. The standard InChI is InChI=1S/C51H51Si.3ClH.Ti/c1-36-17-23-42(24-18-36)29-45-11-8-14-48(32-45)52(51(7)35-39(4)40(5)41(51)6,49-15-9-12-46(33-49)30-43-25-19-37(2)20-26-43)50-16-10-13-47(34-50)31-44-27-21-38(3)22-28-44;;;;/h8-28,32-34H,29-31H2,1-7H3;3*1H;/q-1;;;;+4/p-3. The van der Waals surface area contributed by atoms with E-state index in [0.29, 0.717) is 0 Å². The average molecular weight is 846 g/mol. The third kappa shape index (κ3) is 9.48. The Labute approximate surface area is 371 Å². The zero-order valence-corrected chi connectivity index (χ0v) is 38.4. The van der Waals surface area contributed by atoms with E-state index in [1.54, 1.807) is 0 Å². The van der Waals surface area contributed by atoms with Crippen LogP contribution in [0.3, 0.4) is 0 Å². The molecule has 0 fully saturated rings. The summed E-state index contributed by atoms with van der Waals surface area (Å²) >= 11 is 0. The van der Waals surface area contributed by atoms with E-state index < -0.39 is 8.07 Å². The Balaban J connectivity index is 0.00000210. The number of allylic oxidation sites excluding steroid dienone is 4. The van der Waals surface area contributed by atoms with Crippen molar-refractivity contribution >= 4 is 23.6 Å². The van der Waals surface area contributed by atoms with Crippen LogP contribution in [0.25, 0.3) is 0 Å². The van der Waals surface area contributed by atoms with Crippen molar-refractivity contribution in [3.63, 3.8) is 0 Å². The summed E-state index contributed by atoms with van der Waals surface area (Å²) in [6, 6.07) is 55.9. The second-order valence-corrected chi connectivity index (χ2v) is 19.7. The smallest absolute Gasteiger partial charge is 1.00 e. The number of rotatable bonds is 10. The van der Waals surface area contributed by atoms with E-state index in [9.17, 15) is 0 Å². The molecule has 0 saturated heterocycles. The van der Waals surface area contributed by atoms with Gasteiger partial charge < -0.3 is 37.2 Å². The molecule has 0 aliphatic heterocycles. The molecule has 0 bridgehead atoms. The van der Waals surface area contributed by atoms with Crippen molar-refractivity contribution in [2.45, 2.75) is 72.8 Å². The van der Waals surface area contributed by atoms with E-state index in [1.165, 1.54) is 82.4 Å². The van der Waals surface area contributed by atoms with Gasteiger partial charge >= 0.3 is 21.7 Å². The van der Waals surface area contributed by atoms with Crippen LogP contribution in [0.15, 0.2) is 162 Å². The summed E-state index contributed by atoms with van der Waals surface area (Å²) in [7, 11) is -2.92. The fourth-order valence-electron chi connectivity index (χ4n) is 8.53. The van der Waals surface area contributed by atoms with Crippen LogP contribution in [0.5, 0.6) is 0 Å². The van der Waals surface area contributed by atoms with Crippen LogP contribution in [0.1, 0.15) is 77.8 Å². The minimum Gasteiger partial charge on any atom is -1.00 e. The maximum Gasteiger partial charge on any atom is 4.00 e. The van der Waals surface area contributed by atoms with Crippen LogP contribution in [0, 0.1) is 26.8 Å². The van der Waals surface area contributed by atoms with Crippen LogP contribution in [0.4, 0.5) is 0 Å². The minimum atomic E-state index is -2.92. The third-order valence-corrected chi connectivity index (χ3v) is 17.3.